The van der Waals surface area contributed by atoms with Crippen LogP contribution in [0, 0.1) is 6.92 Å². The molecule has 5 nitrogen and oxygen atoms in total. The highest BCUT2D eigenvalue weighted by Gasteiger charge is 2.15. The zero-order chi connectivity index (χ0) is 22.9. The molecule has 0 aliphatic heterocycles. The van der Waals surface area contributed by atoms with Gasteiger partial charge in [-0.2, -0.15) is 0 Å². The van der Waals surface area contributed by atoms with Crippen molar-refractivity contribution in [3.05, 3.63) is 99.9 Å². The van der Waals surface area contributed by atoms with Gasteiger partial charge in [0.15, 0.2) is 0 Å². The minimum Gasteiger partial charge on any atom is -0.460 e. The molecule has 5 heteroatoms. The maximum Gasteiger partial charge on any atom is 0.343 e. The average molecular weight is 428 g/mol. The van der Waals surface area contributed by atoms with E-state index in [0.29, 0.717) is 28.0 Å². The van der Waals surface area contributed by atoms with E-state index in [1.165, 1.54) is 17.9 Å². The molecule has 0 fully saturated rings. The lowest BCUT2D eigenvalue weighted by atomic mass is 9.87. The van der Waals surface area contributed by atoms with Crippen molar-refractivity contribution in [3.8, 4) is 17.2 Å². The van der Waals surface area contributed by atoms with Crippen LogP contribution in [-0.4, -0.2) is 5.97 Å². The smallest absolute Gasteiger partial charge is 0.343 e. The Bertz CT molecular complexity index is 1340. The molecular weight excluding hydrogens is 404 g/mol. The lowest BCUT2D eigenvalue weighted by Gasteiger charge is -2.19. The summed E-state index contributed by atoms with van der Waals surface area (Å²) in [5.74, 6) is 0.450. The number of hydrogen-bond donors (Lipinski definition) is 0. The normalized spacial score (nSPS) is 11.4. The van der Waals surface area contributed by atoms with Crippen molar-refractivity contribution in [2.24, 2.45) is 0 Å². The van der Waals surface area contributed by atoms with Crippen molar-refractivity contribution in [2.45, 2.75) is 33.1 Å². The summed E-state index contributed by atoms with van der Waals surface area (Å²) in [6.45, 7) is 8.30. The zero-order valence-corrected chi connectivity index (χ0v) is 18.5. The van der Waals surface area contributed by atoms with Crippen LogP contribution in [-0.2, 0) is 5.41 Å². The predicted molar refractivity (Wildman–Crippen MR) is 124 cm³/mol. The van der Waals surface area contributed by atoms with E-state index in [1.54, 1.807) is 30.3 Å². The average Bonchev–Trinajstić information content (AvgIpc) is 2.75. The molecule has 0 spiro atoms. The number of aryl methyl sites for hydroxylation is 1. The highest BCUT2D eigenvalue weighted by Crippen LogP contribution is 2.27. The molecule has 0 atom stereocenters. The van der Waals surface area contributed by atoms with Crippen molar-refractivity contribution in [3.63, 3.8) is 0 Å². The first-order valence-electron chi connectivity index (χ1n) is 10.3. The number of carbonyl (C=O) groups is 1. The molecular formula is C27H24O5. The summed E-state index contributed by atoms with van der Waals surface area (Å²) in [6, 6.07) is 19.4. The highest BCUT2D eigenvalue weighted by molar-refractivity contribution is 5.91. The van der Waals surface area contributed by atoms with Crippen molar-refractivity contribution in [1.29, 1.82) is 0 Å². The molecule has 1 aromatic heterocycles. The summed E-state index contributed by atoms with van der Waals surface area (Å²) in [5.41, 5.74) is 2.62. The number of rotatable bonds is 4. The molecule has 3 aromatic carbocycles. The van der Waals surface area contributed by atoms with Gasteiger partial charge in [0.25, 0.3) is 0 Å². The Hall–Kier alpha value is -3.86. The summed E-state index contributed by atoms with van der Waals surface area (Å²) in [7, 11) is 0. The van der Waals surface area contributed by atoms with Gasteiger partial charge >= 0.3 is 5.97 Å². The van der Waals surface area contributed by atoms with Crippen LogP contribution < -0.4 is 14.9 Å². The first-order valence-corrected chi connectivity index (χ1v) is 10.3. The fraction of sp³-hybridized carbons (Fsp3) is 0.185. The minimum atomic E-state index is -0.478. The number of hydrogen-bond acceptors (Lipinski definition) is 5. The molecule has 0 unspecified atom stereocenters. The largest absolute Gasteiger partial charge is 0.460 e. The minimum absolute atomic E-state index is 0.0288. The standard InChI is InChI=1S/C27H24O5/c1-17-6-5-7-18(14-17)26(29)32-21-12-13-22-23(15-21)30-16-24(25(22)28)31-20-10-8-19(9-11-20)27(2,3)4/h5-16H,1-4H3. The first kappa shape index (κ1) is 21.4. The van der Waals surface area contributed by atoms with Crippen molar-refractivity contribution in [1.82, 2.24) is 0 Å². The van der Waals surface area contributed by atoms with Crippen LogP contribution in [0.1, 0.15) is 42.3 Å². The molecule has 0 aliphatic rings. The van der Waals surface area contributed by atoms with Crippen molar-refractivity contribution in [2.75, 3.05) is 0 Å². The van der Waals surface area contributed by atoms with E-state index in [1.807, 2.05) is 37.3 Å². The number of esters is 1. The lowest BCUT2D eigenvalue weighted by molar-refractivity contribution is 0.0735. The maximum absolute atomic E-state index is 12.9. The lowest BCUT2D eigenvalue weighted by Crippen LogP contribution is -2.10. The Kier molecular flexibility index (Phi) is 5.57. The predicted octanol–water partition coefficient (Wildman–Crippen LogP) is 6.41. The van der Waals surface area contributed by atoms with Crippen LogP contribution in [0.25, 0.3) is 11.0 Å². The monoisotopic (exact) mass is 428 g/mol. The Morgan fingerprint density at radius 1 is 0.906 bits per heavy atom. The van der Waals surface area contributed by atoms with Gasteiger partial charge in [0.1, 0.15) is 23.3 Å². The van der Waals surface area contributed by atoms with Gasteiger partial charge in [-0.15, -0.1) is 0 Å². The fourth-order valence-electron chi connectivity index (χ4n) is 3.31. The Labute approximate surface area is 186 Å². The molecule has 0 saturated carbocycles. The van der Waals surface area contributed by atoms with Crippen LogP contribution in [0.4, 0.5) is 0 Å². The van der Waals surface area contributed by atoms with E-state index >= 15 is 0 Å². The van der Waals surface area contributed by atoms with Crippen LogP contribution in [0.3, 0.4) is 0 Å². The van der Waals surface area contributed by atoms with Gasteiger partial charge in [-0.05, 0) is 54.3 Å². The van der Waals surface area contributed by atoms with Gasteiger partial charge in [0.05, 0.1) is 10.9 Å². The number of ether oxygens (including phenoxy) is 2. The highest BCUT2D eigenvalue weighted by atomic mass is 16.5. The molecule has 0 radical (unpaired) electrons. The summed E-state index contributed by atoms with van der Waals surface area (Å²) >= 11 is 0. The van der Waals surface area contributed by atoms with Crippen LogP contribution in [0.2, 0.25) is 0 Å². The third-order valence-electron chi connectivity index (χ3n) is 5.13. The molecule has 4 rings (SSSR count). The molecule has 1 heterocycles. The van der Waals surface area contributed by atoms with Crippen molar-refractivity contribution < 1.29 is 18.7 Å². The Morgan fingerprint density at radius 2 is 1.62 bits per heavy atom. The second-order valence-corrected chi connectivity index (χ2v) is 8.72. The second kappa shape index (κ2) is 8.35. The molecule has 0 saturated heterocycles. The van der Waals surface area contributed by atoms with E-state index in [9.17, 15) is 9.59 Å². The summed E-state index contributed by atoms with van der Waals surface area (Å²) in [5, 5.41) is 0.337. The van der Waals surface area contributed by atoms with Gasteiger partial charge in [-0.25, -0.2) is 4.79 Å². The van der Waals surface area contributed by atoms with E-state index in [0.717, 1.165) is 5.56 Å². The first-order chi connectivity index (χ1) is 15.2. The van der Waals surface area contributed by atoms with Gasteiger partial charge in [0, 0.05) is 6.07 Å². The topological polar surface area (TPSA) is 65.7 Å². The molecule has 0 amide bonds. The molecule has 0 aliphatic carbocycles. The van der Waals surface area contributed by atoms with Crippen LogP contribution in [0.15, 0.2) is 82.2 Å². The Balaban J connectivity index is 1.56. The molecule has 32 heavy (non-hydrogen) atoms. The molecule has 0 bridgehead atoms. The summed E-state index contributed by atoms with van der Waals surface area (Å²) in [4.78, 5) is 25.2. The third kappa shape index (κ3) is 4.57. The second-order valence-electron chi connectivity index (χ2n) is 8.72. The quantitative estimate of drug-likeness (QED) is 0.278. The number of benzene rings is 3. The third-order valence-corrected chi connectivity index (χ3v) is 5.13. The fourth-order valence-corrected chi connectivity index (χ4v) is 3.31. The van der Waals surface area contributed by atoms with Gasteiger partial charge < -0.3 is 13.9 Å². The SMILES string of the molecule is Cc1cccc(C(=O)Oc2ccc3c(=O)c(Oc4ccc(C(C)(C)C)cc4)coc3c2)c1. The molecule has 0 N–H and O–H groups in total. The molecule has 4 aromatic rings. The maximum atomic E-state index is 12.9. The van der Waals surface area contributed by atoms with Crippen LogP contribution >= 0.6 is 0 Å². The van der Waals surface area contributed by atoms with Gasteiger partial charge in [0.2, 0.25) is 11.2 Å². The van der Waals surface area contributed by atoms with Gasteiger partial charge in [-0.1, -0.05) is 50.6 Å². The van der Waals surface area contributed by atoms with Crippen LogP contribution in [0.5, 0.6) is 17.2 Å². The van der Waals surface area contributed by atoms with Gasteiger partial charge in [-0.3, -0.25) is 4.79 Å². The molecule has 162 valence electrons. The van der Waals surface area contributed by atoms with E-state index in [2.05, 4.69) is 20.8 Å². The van der Waals surface area contributed by atoms with E-state index in [4.69, 9.17) is 13.9 Å². The summed E-state index contributed by atoms with van der Waals surface area (Å²) < 4.78 is 16.8. The van der Waals surface area contributed by atoms with E-state index < -0.39 is 5.97 Å². The summed E-state index contributed by atoms with van der Waals surface area (Å²) in [6.07, 6.45) is 1.27. The van der Waals surface area contributed by atoms with Crippen molar-refractivity contribution >= 4 is 16.9 Å². The Morgan fingerprint density at radius 3 is 2.31 bits per heavy atom. The number of fused-ring (bicyclic) bond motifs is 1. The van der Waals surface area contributed by atoms with E-state index in [-0.39, 0.29) is 16.6 Å². The zero-order valence-electron chi connectivity index (χ0n) is 18.5. The number of carbonyl (C=O) groups excluding carboxylic acids is 1.